The third kappa shape index (κ3) is 4.81. The summed E-state index contributed by atoms with van der Waals surface area (Å²) in [6.45, 7) is 0. The lowest BCUT2D eigenvalue weighted by Crippen LogP contribution is -2.07. The van der Waals surface area contributed by atoms with Gasteiger partial charge in [0.15, 0.2) is 5.13 Å². The van der Waals surface area contributed by atoms with E-state index in [2.05, 4.69) is 26.2 Å². The van der Waals surface area contributed by atoms with E-state index in [-0.39, 0.29) is 11.6 Å². The standard InChI is InChI=1S/C19H14BrN3O4S/c1-27-17-8-2-12(10-15(17)20)3-9-18(24)22-19-21-16(11-28-19)13-4-6-14(7-5-13)23(25)26/h2-11H,1H3,(H,21,22,24)/b9-3+. The summed E-state index contributed by atoms with van der Waals surface area (Å²) in [7, 11) is 1.59. The second-order valence-corrected chi connectivity index (χ2v) is 7.27. The number of ether oxygens (including phenoxy) is 1. The highest BCUT2D eigenvalue weighted by molar-refractivity contribution is 9.10. The van der Waals surface area contributed by atoms with Crippen LogP contribution in [0.25, 0.3) is 17.3 Å². The first-order valence-corrected chi connectivity index (χ1v) is 9.66. The van der Waals surface area contributed by atoms with Crippen LogP contribution in [-0.4, -0.2) is 22.9 Å². The molecule has 0 aliphatic heterocycles. The molecule has 28 heavy (non-hydrogen) atoms. The van der Waals surface area contributed by atoms with Gasteiger partial charge in [0.2, 0.25) is 5.91 Å². The van der Waals surface area contributed by atoms with Crippen molar-refractivity contribution in [1.29, 1.82) is 0 Å². The van der Waals surface area contributed by atoms with E-state index in [0.29, 0.717) is 16.6 Å². The molecular formula is C19H14BrN3O4S. The molecule has 0 aliphatic carbocycles. The Kier molecular flexibility index (Phi) is 6.17. The van der Waals surface area contributed by atoms with Crippen LogP contribution >= 0.6 is 27.3 Å². The average Bonchev–Trinajstić information content (AvgIpc) is 3.15. The van der Waals surface area contributed by atoms with E-state index in [1.54, 1.807) is 36.8 Å². The number of nitro benzene ring substituents is 1. The van der Waals surface area contributed by atoms with E-state index in [1.807, 2.05) is 12.1 Å². The number of benzene rings is 2. The van der Waals surface area contributed by atoms with E-state index in [0.717, 1.165) is 15.6 Å². The summed E-state index contributed by atoms with van der Waals surface area (Å²) in [6.07, 6.45) is 3.10. The summed E-state index contributed by atoms with van der Waals surface area (Å²) in [5.41, 5.74) is 2.23. The van der Waals surface area contributed by atoms with Crippen LogP contribution in [0.15, 0.2) is 58.4 Å². The fourth-order valence-corrected chi connectivity index (χ4v) is 3.60. The minimum absolute atomic E-state index is 0.0165. The van der Waals surface area contributed by atoms with Gasteiger partial charge in [-0.1, -0.05) is 6.07 Å². The van der Waals surface area contributed by atoms with Gasteiger partial charge in [0.25, 0.3) is 5.69 Å². The van der Waals surface area contributed by atoms with Gasteiger partial charge in [-0.25, -0.2) is 4.98 Å². The number of hydrogen-bond acceptors (Lipinski definition) is 6. The number of methoxy groups -OCH3 is 1. The molecule has 0 bridgehead atoms. The van der Waals surface area contributed by atoms with Gasteiger partial charge in [-0.3, -0.25) is 20.2 Å². The molecule has 142 valence electrons. The normalized spacial score (nSPS) is 10.8. The zero-order valence-electron chi connectivity index (χ0n) is 14.6. The highest BCUT2D eigenvalue weighted by atomic mass is 79.9. The summed E-state index contributed by atoms with van der Waals surface area (Å²) in [5, 5.41) is 15.6. The number of aromatic nitrogens is 1. The molecular weight excluding hydrogens is 446 g/mol. The molecule has 0 unspecified atom stereocenters. The molecule has 2 aromatic carbocycles. The summed E-state index contributed by atoms with van der Waals surface area (Å²) in [6, 6.07) is 11.6. The Labute approximate surface area is 173 Å². The number of halogens is 1. The minimum atomic E-state index is -0.454. The zero-order valence-corrected chi connectivity index (χ0v) is 17.0. The van der Waals surface area contributed by atoms with Crippen molar-refractivity contribution in [2.75, 3.05) is 12.4 Å². The van der Waals surface area contributed by atoms with Gasteiger partial charge in [0.05, 0.1) is 22.2 Å². The Bertz CT molecular complexity index is 1050. The molecule has 0 saturated carbocycles. The number of hydrogen-bond donors (Lipinski definition) is 1. The maximum Gasteiger partial charge on any atom is 0.269 e. The van der Waals surface area contributed by atoms with E-state index >= 15 is 0 Å². The van der Waals surface area contributed by atoms with Crippen molar-refractivity contribution in [3.8, 4) is 17.0 Å². The van der Waals surface area contributed by atoms with Gasteiger partial charge in [0.1, 0.15) is 5.75 Å². The fraction of sp³-hybridized carbons (Fsp3) is 0.0526. The molecule has 0 saturated heterocycles. The molecule has 3 aromatic rings. The fourth-order valence-electron chi connectivity index (χ4n) is 2.32. The zero-order chi connectivity index (χ0) is 20.1. The number of carbonyl (C=O) groups excluding carboxylic acids is 1. The Balaban J connectivity index is 1.65. The lowest BCUT2D eigenvalue weighted by Gasteiger charge is -2.03. The first kappa shape index (κ1) is 19.7. The number of thiazole rings is 1. The lowest BCUT2D eigenvalue weighted by molar-refractivity contribution is -0.384. The molecule has 1 aromatic heterocycles. The number of rotatable bonds is 6. The molecule has 1 N–H and O–H groups in total. The van der Waals surface area contributed by atoms with Crippen molar-refractivity contribution in [2.45, 2.75) is 0 Å². The van der Waals surface area contributed by atoms with Crippen LogP contribution in [0.1, 0.15) is 5.56 Å². The van der Waals surface area contributed by atoms with E-state index in [1.165, 1.54) is 29.5 Å². The first-order chi connectivity index (χ1) is 13.5. The van der Waals surface area contributed by atoms with Crippen molar-refractivity contribution in [3.63, 3.8) is 0 Å². The Hall–Kier alpha value is -3.04. The molecule has 3 rings (SSSR count). The monoisotopic (exact) mass is 459 g/mol. The van der Waals surface area contributed by atoms with Gasteiger partial charge < -0.3 is 4.74 Å². The Morgan fingerprint density at radius 2 is 2.04 bits per heavy atom. The third-order valence-corrected chi connectivity index (χ3v) is 5.09. The van der Waals surface area contributed by atoms with E-state index in [4.69, 9.17) is 4.74 Å². The van der Waals surface area contributed by atoms with Crippen LogP contribution in [0, 0.1) is 10.1 Å². The SMILES string of the molecule is COc1ccc(/C=C/C(=O)Nc2nc(-c3ccc([N+](=O)[O-])cc3)cs2)cc1Br. The van der Waals surface area contributed by atoms with Gasteiger partial charge >= 0.3 is 0 Å². The van der Waals surface area contributed by atoms with E-state index in [9.17, 15) is 14.9 Å². The molecule has 0 spiro atoms. The second-order valence-electron chi connectivity index (χ2n) is 5.56. The summed E-state index contributed by atoms with van der Waals surface area (Å²) in [4.78, 5) is 26.7. The summed E-state index contributed by atoms with van der Waals surface area (Å²) < 4.78 is 5.97. The first-order valence-electron chi connectivity index (χ1n) is 7.99. The highest BCUT2D eigenvalue weighted by Gasteiger charge is 2.09. The number of nitrogens with zero attached hydrogens (tertiary/aromatic N) is 2. The molecule has 0 radical (unpaired) electrons. The molecule has 9 heteroatoms. The summed E-state index contributed by atoms with van der Waals surface area (Å²) in [5.74, 6) is 0.403. The smallest absolute Gasteiger partial charge is 0.269 e. The van der Waals surface area contributed by atoms with Crippen molar-refractivity contribution >= 4 is 50.1 Å². The maximum absolute atomic E-state index is 12.1. The number of anilines is 1. The number of nitrogens with one attached hydrogen (secondary N) is 1. The predicted octanol–water partition coefficient (Wildman–Crippen LogP) is 5.14. The van der Waals surface area contributed by atoms with Crippen molar-refractivity contribution in [3.05, 3.63) is 74.1 Å². The topological polar surface area (TPSA) is 94.4 Å². The lowest BCUT2D eigenvalue weighted by atomic mass is 10.1. The predicted molar refractivity (Wildman–Crippen MR) is 113 cm³/mol. The van der Waals surface area contributed by atoms with Crippen molar-refractivity contribution in [2.24, 2.45) is 0 Å². The van der Waals surface area contributed by atoms with Crippen LogP contribution in [-0.2, 0) is 4.79 Å². The van der Waals surface area contributed by atoms with Gasteiger partial charge in [-0.15, -0.1) is 11.3 Å². The van der Waals surface area contributed by atoms with Crippen molar-refractivity contribution in [1.82, 2.24) is 4.98 Å². The third-order valence-electron chi connectivity index (χ3n) is 3.71. The molecule has 0 aliphatic rings. The van der Waals surface area contributed by atoms with Crippen LogP contribution in [0.4, 0.5) is 10.8 Å². The molecule has 1 amide bonds. The van der Waals surface area contributed by atoms with Gasteiger partial charge in [-0.05, 0) is 51.8 Å². The molecule has 0 fully saturated rings. The van der Waals surface area contributed by atoms with Crippen LogP contribution in [0.3, 0.4) is 0 Å². The molecule has 7 nitrogen and oxygen atoms in total. The van der Waals surface area contributed by atoms with Crippen LogP contribution in [0.5, 0.6) is 5.75 Å². The number of carbonyl (C=O) groups is 1. The summed E-state index contributed by atoms with van der Waals surface area (Å²) >= 11 is 4.68. The number of non-ortho nitro benzene ring substituents is 1. The number of nitro groups is 1. The Morgan fingerprint density at radius 1 is 1.29 bits per heavy atom. The highest BCUT2D eigenvalue weighted by Crippen LogP contribution is 2.27. The maximum atomic E-state index is 12.1. The number of amides is 1. The van der Waals surface area contributed by atoms with Gasteiger partial charge in [0, 0.05) is 29.2 Å². The minimum Gasteiger partial charge on any atom is -0.496 e. The quantitative estimate of drug-likeness (QED) is 0.312. The second kappa shape index (κ2) is 8.77. The average molecular weight is 460 g/mol. The molecule has 0 atom stereocenters. The van der Waals surface area contributed by atoms with E-state index < -0.39 is 4.92 Å². The van der Waals surface area contributed by atoms with Crippen molar-refractivity contribution < 1.29 is 14.5 Å². The van der Waals surface area contributed by atoms with Crippen LogP contribution < -0.4 is 10.1 Å². The van der Waals surface area contributed by atoms with Gasteiger partial charge in [-0.2, -0.15) is 0 Å². The molecule has 1 heterocycles. The Morgan fingerprint density at radius 3 is 2.68 bits per heavy atom. The largest absolute Gasteiger partial charge is 0.496 e. The van der Waals surface area contributed by atoms with Crippen LogP contribution in [0.2, 0.25) is 0 Å².